The number of benzene rings is 2. The van der Waals surface area contributed by atoms with Gasteiger partial charge in [0.05, 0.1) is 6.21 Å². The van der Waals surface area contributed by atoms with Gasteiger partial charge >= 0.3 is 0 Å². The zero-order chi connectivity index (χ0) is 14.6. The molecule has 2 rings (SSSR count). The average Bonchev–Trinajstić information content (AvgIpc) is 2.41. The van der Waals surface area contributed by atoms with Gasteiger partial charge in [0.2, 0.25) is 0 Å². The summed E-state index contributed by atoms with van der Waals surface area (Å²) in [4.78, 5) is 0. The Bertz CT molecular complexity index is 578. The maximum Gasteiger partial charge on any atom is 0.127 e. The van der Waals surface area contributed by atoms with Gasteiger partial charge in [-0.2, -0.15) is 5.10 Å². The van der Waals surface area contributed by atoms with Crippen molar-refractivity contribution in [3.8, 4) is 11.5 Å². The molecule has 0 aliphatic heterocycles. The molecule has 2 aromatic rings. The molecule has 2 aromatic carbocycles. The van der Waals surface area contributed by atoms with E-state index >= 15 is 0 Å². The smallest absolute Gasteiger partial charge is 0.127 e. The van der Waals surface area contributed by atoms with Crippen LogP contribution in [0.15, 0.2) is 53.6 Å². The van der Waals surface area contributed by atoms with Crippen molar-refractivity contribution in [3.05, 3.63) is 59.7 Å². The van der Waals surface area contributed by atoms with Gasteiger partial charge in [0, 0.05) is 0 Å². The molecule has 0 saturated heterocycles. The van der Waals surface area contributed by atoms with Gasteiger partial charge in [0.25, 0.3) is 0 Å². The number of rotatable bonds is 3. The predicted molar refractivity (Wildman–Crippen MR) is 83.4 cm³/mol. The first-order valence-electron chi connectivity index (χ1n) is 6.61. The highest BCUT2D eigenvalue weighted by molar-refractivity contribution is 5.79. The second-order valence-electron chi connectivity index (χ2n) is 5.72. The number of hydrogen-bond acceptors (Lipinski definition) is 3. The molecule has 0 spiro atoms. The fourth-order valence-corrected chi connectivity index (χ4v) is 1.87. The minimum Gasteiger partial charge on any atom is -0.457 e. The molecule has 0 amide bonds. The lowest BCUT2D eigenvalue weighted by molar-refractivity contribution is 0.481. The summed E-state index contributed by atoms with van der Waals surface area (Å²) >= 11 is 0. The van der Waals surface area contributed by atoms with E-state index in [4.69, 9.17) is 10.6 Å². The Morgan fingerprint density at radius 1 is 0.900 bits per heavy atom. The minimum absolute atomic E-state index is 0.155. The van der Waals surface area contributed by atoms with Crippen LogP contribution in [0.3, 0.4) is 0 Å². The monoisotopic (exact) mass is 268 g/mol. The largest absolute Gasteiger partial charge is 0.457 e. The highest BCUT2D eigenvalue weighted by atomic mass is 16.5. The number of ether oxygens (including phenoxy) is 1. The quantitative estimate of drug-likeness (QED) is 0.518. The third-order valence-corrected chi connectivity index (χ3v) is 3.06. The van der Waals surface area contributed by atoms with Crippen molar-refractivity contribution in [1.29, 1.82) is 0 Å². The molecule has 0 heterocycles. The lowest BCUT2D eigenvalue weighted by atomic mass is 9.87. The van der Waals surface area contributed by atoms with E-state index in [0.717, 1.165) is 17.1 Å². The molecule has 0 fully saturated rings. The first-order chi connectivity index (χ1) is 9.49. The molecule has 104 valence electrons. The van der Waals surface area contributed by atoms with Crippen molar-refractivity contribution in [2.75, 3.05) is 0 Å². The van der Waals surface area contributed by atoms with E-state index in [0.29, 0.717) is 0 Å². The highest BCUT2D eigenvalue weighted by Crippen LogP contribution is 2.26. The Kier molecular flexibility index (Phi) is 4.08. The maximum atomic E-state index is 5.80. The second kappa shape index (κ2) is 5.78. The molecule has 3 heteroatoms. The van der Waals surface area contributed by atoms with Crippen LogP contribution in [0.25, 0.3) is 0 Å². The standard InChI is InChI=1S/C17H20N2O/c1-17(2,3)14-6-10-16(11-7-14)20-15-8-4-13(5-9-15)12-19-18/h4-12H,18H2,1-3H3. The third kappa shape index (κ3) is 3.60. The fourth-order valence-electron chi connectivity index (χ4n) is 1.87. The number of hydrogen-bond donors (Lipinski definition) is 1. The molecule has 20 heavy (non-hydrogen) atoms. The van der Waals surface area contributed by atoms with E-state index in [1.807, 2.05) is 36.4 Å². The van der Waals surface area contributed by atoms with Crippen LogP contribution in [0.4, 0.5) is 0 Å². The predicted octanol–water partition coefficient (Wildman–Crippen LogP) is 4.07. The van der Waals surface area contributed by atoms with E-state index < -0.39 is 0 Å². The molecule has 0 bridgehead atoms. The molecule has 0 atom stereocenters. The van der Waals surface area contributed by atoms with Crippen LogP contribution < -0.4 is 10.6 Å². The molecule has 3 nitrogen and oxygen atoms in total. The van der Waals surface area contributed by atoms with Crippen LogP contribution >= 0.6 is 0 Å². The summed E-state index contributed by atoms with van der Waals surface area (Å²) in [5.74, 6) is 6.74. The molecular formula is C17H20N2O. The zero-order valence-electron chi connectivity index (χ0n) is 12.1. The van der Waals surface area contributed by atoms with Gasteiger partial charge in [-0.15, -0.1) is 0 Å². The Morgan fingerprint density at radius 3 is 1.85 bits per heavy atom. The summed E-state index contributed by atoms with van der Waals surface area (Å²) in [6.45, 7) is 6.59. The molecule has 0 unspecified atom stereocenters. The Labute approximate surface area is 120 Å². The molecule has 0 saturated carbocycles. The van der Waals surface area contributed by atoms with Crippen LogP contribution in [0.1, 0.15) is 31.9 Å². The maximum absolute atomic E-state index is 5.80. The van der Waals surface area contributed by atoms with Crippen LogP contribution in [-0.2, 0) is 5.41 Å². The minimum atomic E-state index is 0.155. The molecule has 0 aliphatic rings. The van der Waals surface area contributed by atoms with Crippen LogP contribution in [0.5, 0.6) is 11.5 Å². The third-order valence-electron chi connectivity index (χ3n) is 3.06. The fraction of sp³-hybridized carbons (Fsp3) is 0.235. The lowest BCUT2D eigenvalue weighted by Crippen LogP contribution is -2.10. The first-order valence-corrected chi connectivity index (χ1v) is 6.61. The first kappa shape index (κ1) is 14.1. The van der Waals surface area contributed by atoms with Gasteiger partial charge in [-0.05, 0) is 52.9 Å². The SMILES string of the molecule is CC(C)(C)c1ccc(Oc2ccc(C=NN)cc2)cc1. The highest BCUT2D eigenvalue weighted by Gasteiger charge is 2.12. The zero-order valence-corrected chi connectivity index (χ0v) is 12.1. The van der Waals surface area contributed by atoms with E-state index in [1.165, 1.54) is 5.56 Å². The molecule has 0 aromatic heterocycles. The molecule has 2 N–H and O–H groups in total. The lowest BCUT2D eigenvalue weighted by Gasteiger charge is -2.19. The normalized spacial score (nSPS) is 11.8. The summed E-state index contributed by atoms with van der Waals surface area (Å²) in [5, 5.41) is 3.49. The number of nitrogens with zero attached hydrogens (tertiary/aromatic N) is 1. The summed E-state index contributed by atoms with van der Waals surface area (Å²) in [6.07, 6.45) is 1.60. The molecule has 0 aliphatic carbocycles. The van der Waals surface area contributed by atoms with Crippen molar-refractivity contribution < 1.29 is 4.74 Å². The van der Waals surface area contributed by atoms with Crippen molar-refractivity contribution in [2.24, 2.45) is 10.9 Å². The van der Waals surface area contributed by atoms with Gasteiger partial charge in [0.15, 0.2) is 0 Å². The van der Waals surface area contributed by atoms with Gasteiger partial charge < -0.3 is 10.6 Å². The van der Waals surface area contributed by atoms with Gasteiger partial charge in [0.1, 0.15) is 11.5 Å². The van der Waals surface area contributed by atoms with Gasteiger partial charge in [-0.3, -0.25) is 0 Å². The summed E-state index contributed by atoms with van der Waals surface area (Å²) in [5.41, 5.74) is 2.39. The Hall–Kier alpha value is -2.29. The van der Waals surface area contributed by atoms with E-state index in [-0.39, 0.29) is 5.41 Å². The van der Waals surface area contributed by atoms with Crippen LogP contribution in [0.2, 0.25) is 0 Å². The van der Waals surface area contributed by atoms with Crippen LogP contribution in [0, 0.1) is 0 Å². The van der Waals surface area contributed by atoms with Crippen molar-refractivity contribution in [2.45, 2.75) is 26.2 Å². The average molecular weight is 268 g/mol. The van der Waals surface area contributed by atoms with Gasteiger partial charge in [-0.1, -0.05) is 32.9 Å². The van der Waals surface area contributed by atoms with E-state index in [1.54, 1.807) is 6.21 Å². The summed E-state index contributed by atoms with van der Waals surface area (Å²) < 4.78 is 5.80. The van der Waals surface area contributed by atoms with Crippen LogP contribution in [-0.4, -0.2) is 6.21 Å². The second-order valence-corrected chi connectivity index (χ2v) is 5.72. The Morgan fingerprint density at radius 2 is 1.40 bits per heavy atom. The van der Waals surface area contributed by atoms with E-state index in [2.05, 4.69) is 38.0 Å². The number of hydrazone groups is 1. The van der Waals surface area contributed by atoms with Gasteiger partial charge in [-0.25, -0.2) is 0 Å². The molecule has 0 radical (unpaired) electrons. The Balaban J connectivity index is 2.10. The van der Waals surface area contributed by atoms with E-state index in [9.17, 15) is 0 Å². The van der Waals surface area contributed by atoms with Crippen molar-refractivity contribution in [1.82, 2.24) is 0 Å². The molecular weight excluding hydrogens is 248 g/mol. The number of nitrogens with two attached hydrogens (primary N) is 1. The van der Waals surface area contributed by atoms with Crippen molar-refractivity contribution in [3.63, 3.8) is 0 Å². The van der Waals surface area contributed by atoms with Crippen molar-refractivity contribution >= 4 is 6.21 Å². The topological polar surface area (TPSA) is 47.6 Å². The summed E-state index contributed by atoms with van der Waals surface area (Å²) in [6, 6.07) is 15.8. The summed E-state index contributed by atoms with van der Waals surface area (Å²) in [7, 11) is 0.